The van der Waals surface area contributed by atoms with E-state index in [0.717, 1.165) is 12.8 Å². The maximum Gasteiger partial charge on any atom is 0.246 e. The molecule has 0 spiro atoms. The van der Waals surface area contributed by atoms with Crippen LogP contribution in [-0.2, 0) is 19.6 Å². The van der Waals surface area contributed by atoms with E-state index in [2.05, 4.69) is 0 Å². The minimum absolute atomic E-state index is 0.106. The van der Waals surface area contributed by atoms with Crippen LogP contribution in [0.15, 0.2) is 27.9 Å². The Morgan fingerprint density at radius 3 is 2.64 bits per heavy atom. The van der Waals surface area contributed by atoms with Crippen LogP contribution in [0.1, 0.15) is 19.3 Å². The quantitative estimate of drug-likeness (QED) is 0.815. The fourth-order valence-electron chi connectivity index (χ4n) is 2.97. The number of hydrogen-bond donors (Lipinski definition) is 0. The predicted molar refractivity (Wildman–Crippen MR) is 77.6 cm³/mol. The van der Waals surface area contributed by atoms with E-state index in [4.69, 9.17) is 9.15 Å². The average molecular weight is 328 g/mol. The number of piperidine rings is 1. The number of amides is 1. The van der Waals surface area contributed by atoms with Crippen molar-refractivity contribution in [3.05, 3.63) is 18.6 Å². The van der Waals surface area contributed by atoms with Gasteiger partial charge in [-0.15, -0.1) is 0 Å². The number of nitrogens with zero attached hydrogens (tertiary/aromatic N) is 2. The molecule has 1 unspecified atom stereocenters. The summed E-state index contributed by atoms with van der Waals surface area (Å²) in [5, 5.41) is 0. The second-order valence-electron chi connectivity index (χ2n) is 5.52. The molecule has 0 bridgehead atoms. The lowest BCUT2D eigenvalue weighted by atomic mass is 10.0. The van der Waals surface area contributed by atoms with Crippen molar-refractivity contribution in [3.63, 3.8) is 0 Å². The molecule has 1 atom stereocenters. The van der Waals surface area contributed by atoms with Crippen LogP contribution in [0.3, 0.4) is 0 Å². The Bertz CT molecular complexity index is 607. The van der Waals surface area contributed by atoms with E-state index in [0.29, 0.717) is 39.3 Å². The van der Waals surface area contributed by atoms with Crippen molar-refractivity contribution in [1.29, 1.82) is 0 Å². The molecule has 3 rings (SSSR count). The highest BCUT2D eigenvalue weighted by Crippen LogP contribution is 2.27. The summed E-state index contributed by atoms with van der Waals surface area (Å²) >= 11 is 0. The molecule has 8 heteroatoms. The second kappa shape index (κ2) is 6.39. The number of furan rings is 1. The first-order chi connectivity index (χ1) is 10.6. The SMILES string of the molecule is O=C(C1CCCCN1S(=O)(=O)c1ccoc1)N1CCOCC1. The lowest BCUT2D eigenvalue weighted by molar-refractivity contribution is -0.140. The highest BCUT2D eigenvalue weighted by atomic mass is 32.2. The van der Waals surface area contributed by atoms with Crippen molar-refractivity contribution in [3.8, 4) is 0 Å². The Hall–Kier alpha value is -1.38. The molecule has 22 heavy (non-hydrogen) atoms. The molecule has 2 saturated heterocycles. The molecule has 122 valence electrons. The van der Waals surface area contributed by atoms with Crippen LogP contribution < -0.4 is 0 Å². The van der Waals surface area contributed by atoms with Gasteiger partial charge in [0.25, 0.3) is 0 Å². The van der Waals surface area contributed by atoms with Gasteiger partial charge in [-0.25, -0.2) is 8.42 Å². The van der Waals surface area contributed by atoms with Crippen molar-refractivity contribution in [2.45, 2.75) is 30.2 Å². The zero-order valence-electron chi connectivity index (χ0n) is 12.3. The molecular weight excluding hydrogens is 308 g/mol. The number of carbonyl (C=O) groups is 1. The third kappa shape index (κ3) is 2.90. The van der Waals surface area contributed by atoms with Crippen molar-refractivity contribution < 1.29 is 22.4 Å². The average Bonchev–Trinajstić information content (AvgIpc) is 3.10. The summed E-state index contributed by atoms with van der Waals surface area (Å²) in [7, 11) is -3.69. The van der Waals surface area contributed by atoms with Gasteiger partial charge in [-0.05, 0) is 18.9 Å². The van der Waals surface area contributed by atoms with Gasteiger partial charge < -0.3 is 14.1 Å². The maximum atomic E-state index is 12.7. The van der Waals surface area contributed by atoms with Crippen LogP contribution >= 0.6 is 0 Å². The zero-order valence-corrected chi connectivity index (χ0v) is 13.1. The fourth-order valence-corrected chi connectivity index (χ4v) is 4.54. The summed E-state index contributed by atoms with van der Waals surface area (Å²) in [5.74, 6) is -0.116. The third-order valence-corrected chi connectivity index (χ3v) is 6.05. The van der Waals surface area contributed by atoms with Gasteiger partial charge in [-0.2, -0.15) is 4.31 Å². The molecule has 0 saturated carbocycles. The molecule has 0 N–H and O–H groups in total. The van der Waals surface area contributed by atoms with Gasteiger partial charge in [0.2, 0.25) is 15.9 Å². The summed E-state index contributed by atoms with van der Waals surface area (Å²) in [5.41, 5.74) is 0. The Balaban J connectivity index is 1.83. The van der Waals surface area contributed by atoms with Crippen LogP contribution in [-0.4, -0.2) is 62.4 Å². The van der Waals surface area contributed by atoms with E-state index in [1.807, 2.05) is 0 Å². The summed E-state index contributed by atoms with van der Waals surface area (Å²) in [6.45, 7) is 2.43. The predicted octanol–water partition coefficient (Wildman–Crippen LogP) is 0.682. The fraction of sp³-hybridized carbons (Fsp3) is 0.643. The van der Waals surface area contributed by atoms with Crippen molar-refractivity contribution in [2.75, 3.05) is 32.8 Å². The smallest absolute Gasteiger partial charge is 0.246 e. The van der Waals surface area contributed by atoms with Crippen molar-refractivity contribution >= 4 is 15.9 Å². The van der Waals surface area contributed by atoms with Gasteiger partial charge in [-0.1, -0.05) is 6.42 Å². The van der Waals surface area contributed by atoms with Crippen LogP contribution in [0.2, 0.25) is 0 Å². The Kier molecular flexibility index (Phi) is 4.51. The van der Waals surface area contributed by atoms with E-state index >= 15 is 0 Å². The first-order valence-corrected chi connectivity index (χ1v) is 8.95. The zero-order chi connectivity index (χ0) is 15.6. The molecule has 1 aromatic heterocycles. The Morgan fingerprint density at radius 2 is 1.95 bits per heavy atom. The lowest BCUT2D eigenvalue weighted by Gasteiger charge is -2.37. The van der Waals surface area contributed by atoms with Gasteiger partial charge in [0.05, 0.1) is 19.5 Å². The maximum absolute atomic E-state index is 12.7. The minimum atomic E-state index is -3.69. The van der Waals surface area contributed by atoms with E-state index in [-0.39, 0.29) is 10.8 Å². The standard InChI is InChI=1S/C14H20N2O5S/c17-14(15-6-9-20-10-7-15)13-3-1-2-5-16(13)22(18,19)12-4-8-21-11-12/h4,8,11,13H,1-3,5-7,9-10H2. The molecule has 7 nitrogen and oxygen atoms in total. The molecular formula is C14H20N2O5S. The van der Waals surface area contributed by atoms with Crippen LogP contribution in [0.25, 0.3) is 0 Å². The first kappa shape index (κ1) is 15.5. The third-order valence-electron chi connectivity index (χ3n) is 4.16. The highest BCUT2D eigenvalue weighted by Gasteiger charge is 2.40. The van der Waals surface area contributed by atoms with E-state index in [1.165, 1.54) is 22.9 Å². The largest absolute Gasteiger partial charge is 0.471 e. The summed E-state index contributed by atoms with van der Waals surface area (Å²) in [6.07, 6.45) is 4.73. The van der Waals surface area contributed by atoms with Gasteiger partial charge in [0.15, 0.2) is 0 Å². The number of ether oxygens (including phenoxy) is 1. The van der Waals surface area contributed by atoms with E-state index in [1.54, 1.807) is 4.90 Å². The van der Waals surface area contributed by atoms with Crippen LogP contribution in [0, 0.1) is 0 Å². The summed E-state index contributed by atoms with van der Waals surface area (Å²) < 4.78 is 36.9. The number of carbonyl (C=O) groups excluding carboxylic acids is 1. The van der Waals surface area contributed by atoms with E-state index < -0.39 is 16.1 Å². The molecule has 2 aliphatic rings. The molecule has 1 amide bonds. The molecule has 0 aliphatic carbocycles. The lowest BCUT2D eigenvalue weighted by Crippen LogP contribution is -2.54. The normalized spacial score (nSPS) is 24.4. The Morgan fingerprint density at radius 1 is 1.18 bits per heavy atom. The second-order valence-corrected chi connectivity index (χ2v) is 7.41. The summed E-state index contributed by atoms with van der Waals surface area (Å²) in [4.78, 5) is 14.5. The Labute approximate surface area is 129 Å². The molecule has 3 heterocycles. The molecule has 1 aromatic rings. The van der Waals surface area contributed by atoms with Gasteiger partial charge >= 0.3 is 0 Å². The molecule has 0 radical (unpaired) electrons. The molecule has 0 aromatic carbocycles. The van der Waals surface area contributed by atoms with Crippen molar-refractivity contribution in [2.24, 2.45) is 0 Å². The monoisotopic (exact) mass is 328 g/mol. The minimum Gasteiger partial charge on any atom is -0.471 e. The van der Waals surface area contributed by atoms with Gasteiger partial charge in [-0.3, -0.25) is 4.79 Å². The van der Waals surface area contributed by atoms with Gasteiger partial charge in [0, 0.05) is 19.6 Å². The number of rotatable bonds is 3. The number of sulfonamides is 1. The number of hydrogen-bond acceptors (Lipinski definition) is 5. The molecule has 2 aliphatic heterocycles. The van der Waals surface area contributed by atoms with Crippen LogP contribution in [0.4, 0.5) is 0 Å². The van der Waals surface area contributed by atoms with E-state index in [9.17, 15) is 13.2 Å². The van der Waals surface area contributed by atoms with Crippen LogP contribution in [0.5, 0.6) is 0 Å². The number of morpholine rings is 1. The summed E-state index contributed by atoms with van der Waals surface area (Å²) in [6, 6.07) is 0.798. The molecule has 2 fully saturated rings. The topological polar surface area (TPSA) is 80.1 Å². The highest BCUT2D eigenvalue weighted by molar-refractivity contribution is 7.89. The van der Waals surface area contributed by atoms with Crippen molar-refractivity contribution in [1.82, 2.24) is 9.21 Å². The first-order valence-electron chi connectivity index (χ1n) is 7.51. The van der Waals surface area contributed by atoms with Gasteiger partial charge in [0.1, 0.15) is 17.2 Å².